The summed E-state index contributed by atoms with van der Waals surface area (Å²) in [7, 11) is 1.62. The molecule has 6 heteroatoms. The summed E-state index contributed by atoms with van der Waals surface area (Å²) >= 11 is 0. The van der Waals surface area contributed by atoms with E-state index < -0.39 is 6.04 Å². The monoisotopic (exact) mass is 430 g/mol. The van der Waals surface area contributed by atoms with E-state index in [0.717, 1.165) is 22.4 Å². The van der Waals surface area contributed by atoms with E-state index in [0.29, 0.717) is 26.1 Å². The molecule has 2 heterocycles. The molecule has 2 aromatic rings. The van der Waals surface area contributed by atoms with Crippen LogP contribution >= 0.6 is 0 Å². The van der Waals surface area contributed by atoms with Crippen LogP contribution in [0, 0.1) is 29.1 Å². The van der Waals surface area contributed by atoms with Crippen LogP contribution in [0.5, 0.6) is 5.75 Å². The highest BCUT2D eigenvalue weighted by atomic mass is 16.5. The molecule has 2 aliphatic heterocycles. The predicted octanol–water partition coefficient (Wildman–Crippen LogP) is 2.70. The molecular weight excluding hydrogens is 404 g/mol. The average molecular weight is 431 g/mol. The van der Waals surface area contributed by atoms with Crippen LogP contribution in [0.15, 0.2) is 48.5 Å². The highest BCUT2D eigenvalue weighted by Crippen LogP contribution is 2.42. The van der Waals surface area contributed by atoms with Gasteiger partial charge in [0.2, 0.25) is 5.91 Å². The second-order valence-corrected chi connectivity index (χ2v) is 8.09. The van der Waals surface area contributed by atoms with Crippen LogP contribution in [-0.4, -0.2) is 54.9 Å². The maximum absolute atomic E-state index is 13.0. The van der Waals surface area contributed by atoms with Crippen molar-refractivity contribution in [1.82, 2.24) is 4.90 Å². The average Bonchev–Trinajstić information content (AvgIpc) is 2.84. The summed E-state index contributed by atoms with van der Waals surface area (Å²) in [5.74, 6) is 6.63. The number of methoxy groups -OCH3 is 1. The number of aliphatic hydroxyl groups excluding tert-OH is 1. The van der Waals surface area contributed by atoms with E-state index in [1.165, 1.54) is 0 Å². The van der Waals surface area contributed by atoms with Crippen molar-refractivity contribution in [2.24, 2.45) is 5.92 Å². The van der Waals surface area contributed by atoms with E-state index in [-0.39, 0.29) is 30.4 Å². The zero-order valence-electron chi connectivity index (χ0n) is 18.0. The molecule has 0 radical (unpaired) electrons. The first-order valence-electron chi connectivity index (χ1n) is 10.8. The first-order valence-corrected chi connectivity index (χ1v) is 10.8. The van der Waals surface area contributed by atoms with Crippen molar-refractivity contribution in [3.8, 4) is 23.7 Å². The molecule has 1 N–H and O–H groups in total. The van der Waals surface area contributed by atoms with E-state index >= 15 is 0 Å². The van der Waals surface area contributed by atoms with Crippen molar-refractivity contribution < 1.29 is 19.4 Å². The molecule has 0 spiro atoms. The Hall–Kier alpha value is -3.32. The summed E-state index contributed by atoms with van der Waals surface area (Å²) < 4.78 is 10.6. The number of carbonyl (C=O) groups excluding carboxylic acids is 1. The normalized spacial score (nSPS) is 22.8. The molecule has 2 fully saturated rings. The molecule has 1 amide bonds. The standard InChI is InChI=1S/C26H26N2O4/c1-31-22-4-2-3-19(15-22)6-5-18-7-9-20(10-8-18)25-23(16-27)28(24(25)17-29)26(30)21-11-13-32-14-12-21/h2-4,7-10,15,21,23-25,29H,11-14,17H2,1H3/t23-,24+,25+/m0/s1. The summed E-state index contributed by atoms with van der Waals surface area (Å²) in [4.78, 5) is 14.6. The number of nitrogens with zero attached hydrogens (tertiary/aromatic N) is 2. The van der Waals surface area contributed by atoms with E-state index in [2.05, 4.69) is 17.9 Å². The van der Waals surface area contributed by atoms with Gasteiger partial charge in [-0.1, -0.05) is 30.0 Å². The molecule has 0 aliphatic carbocycles. The number of amides is 1. The third-order valence-electron chi connectivity index (χ3n) is 6.27. The van der Waals surface area contributed by atoms with Gasteiger partial charge >= 0.3 is 0 Å². The summed E-state index contributed by atoms with van der Waals surface area (Å²) in [6.07, 6.45) is 1.33. The van der Waals surface area contributed by atoms with Crippen molar-refractivity contribution in [1.29, 1.82) is 5.26 Å². The van der Waals surface area contributed by atoms with Gasteiger partial charge in [0.15, 0.2) is 0 Å². The third-order valence-corrected chi connectivity index (χ3v) is 6.27. The van der Waals surface area contributed by atoms with Gasteiger partial charge in [0, 0.05) is 36.2 Å². The first-order chi connectivity index (χ1) is 15.7. The fourth-order valence-electron chi connectivity index (χ4n) is 4.50. The molecule has 3 atom stereocenters. The lowest BCUT2D eigenvalue weighted by Gasteiger charge is -2.52. The molecule has 6 nitrogen and oxygen atoms in total. The Morgan fingerprint density at radius 1 is 1.16 bits per heavy atom. The van der Waals surface area contributed by atoms with Crippen LogP contribution in [0.3, 0.4) is 0 Å². The van der Waals surface area contributed by atoms with Gasteiger partial charge in [0.25, 0.3) is 0 Å². The fourth-order valence-corrected chi connectivity index (χ4v) is 4.50. The molecule has 4 rings (SSSR count). The Kier molecular flexibility index (Phi) is 6.75. The molecule has 0 saturated carbocycles. The van der Waals surface area contributed by atoms with Gasteiger partial charge in [-0.05, 0) is 48.7 Å². The zero-order chi connectivity index (χ0) is 22.5. The lowest BCUT2D eigenvalue weighted by atomic mass is 9.74. The van der Waals surface area contributed by atoms with Gasteiger partial charge in [0.1, 0.15) is 11.8 Å². The molecule has 0 aromatic heterocycles. The van der Waals surface area contributed by atoms with Crippen molar-refractivity contribution in [3.63, 3.8) is 0 Å². The van der Waals surface area contributed by atoms with Crippen molar-refractivity contribution in [2.45, 2.75) is 30.8 Å². The maximum atomic E-state index is 13.0. The number of aliphatic hydroxyl groups is 1. The van der Waals surface area contributed by atoms with Gasteiger partial charge in [-0.3, -0.25) is 4.79 Å². The van der Waals surface area contributed by atoms with Gasteiger partial charge < -0.3 is 19.5 Å². The highest BCUT2D eigenvalue weighted by Gasteiger charge is 2.52. The lowest BCUT2D eigenvalue weighted by molar-refractivity contribution is -0.154. The van der Waals surface area contributed by atoms with Crippen molar-refractivity contribution in [3.05, 3.63) is 65.2 Å². The number of hydrogen-bond donors (Lipinski definition) is 1. The number of likely N-dealkylation sites (tertiary alicyclic amines) is 1. The summed E-state index contributed by atoms with van der Waals surface area (Å²) in [6.45, 7) is 0.953. The number of nitriles is 1. The Labute approximate surface area is 188 Å². The minimum absolute atomic E-state index is 0.0454. The molecule has 164 valence electrons. The first kappa shape index (κ1) is 21.9. The SMILES string of the molecule is COc1cccc(C#Cc2ccc([C@H]3[C@@H](CO)N(C(=O)C4CCOCC4)[C@H]3C#N)cc2)c1. The Bertz CT molecular complexity index is 1060. The molecule has 32 heavy (non-hydrogen) atoms. The number of ether oxygens (including phenoxy) is 2. The third kappa shape index (κ3) is 4.34. The van der Waals surface area contributed by atoms with Gasteiger partial charge in [0.05, 0.1) is 25.8 Å². The second-order valence-electron chi connectivity index (χ2n) is 8.09. The number of carbonyl (C=O) groups is 1. The number of hydrogen-bond acceptors (Lipinski definition) is 5. The number of rotatable bonds is 4. The minimum Gasteiger partial charge on any atom is -0.497 e. The van der Waals surface area contributed by atoms with Crippen molar-refractivity contribution in [2.75, 3.05) is 26.9 Å². The quantitative estimate of drug-likeness (QED) is 0.755. The van der Waals surface area contributed by atoms with E-state index in [4.69, 9.17) is 9.47 Å². The largest absolute Gasteiger partial charge is 0.497 e. The highest BCUT2D eigenvalue weighted by molar-refractivity contribution is 5.81. The van der Waals surface area contributed by atoms with Gasteiger partial charge in [-0.2, -0.15) is 5.26 Å². The Balaban J connectivity index is 1.49. The summed E-state index contributed by atoms with van der Waals surface area (Å²) in [5.41, 5.74) is 2.64. The summed E-state index contributed by atoms with van der Waals surface area (Å²) in [6, 6.07) is 16.6. The molecular formula is C26H26N2O4. The predicted molar refractivity (Wildman–Crippen MR) is 119 cm³/mol. The van der Waals surface area contributed by atoms with E-state index in [1.54, 1.807) is 12.0 Å². The van der Waals surface area contributed by atoms with Crippen LogP contribution in [0.2, 0.25) is 0 Å². The van der Waals surface area contributed by atoms with Crippen molar-refractivity contribution >= 4 is 5.91 Å². The van der Waals surface area contributed by atoms with Crippen LogP contribution in [0.1, 0.15) is 35.4 Å². The lowest BCUT2D eigenvalue weighted by Crippen LogP contribution is -2.66. The molecule has 2 aromatic carbocycles. The fraction of sp³-hybridized carbons (Fsp3) is 0.385. The van der Waals surface area contributed by atoms with E-state index in [9.17, 15) is 15.2 Å². The van der Waals surface area contributed by atoms with Gasteiger partial charge in [-0.15, -0.1) is 0 Å². The Morgan fingerprint density at radius 2 is 1.88 bits per heavy atom. The molecule has 2 saturated heterocycles. The van der Waals surface area contributed by atoms with Crippen LogP contribution in [0.4, 0.5) is 0 Å². The molecule has 2 aliphatic rings. The number of benzene rings is 2. The van der Waals surface area contributed by atoms with Crippen LogP contribution in [-0.2, 0) is 9.53 Å². The van der Waals surface area contributed by atoms with Gasteiger partial charge in [-0.25, -0.2) is 0 Å². The molecule has 0 unspecified atom stereocenters. The molecule has 0 bridgehead atoms. The van der Waals surface area contributed by atoms with Crippen LogP contribution < -0.4 is 4.74 Å². The summed E-state index contributed by atoms with van der Waals surface area (Å²) in [5, 5.41) is 19.8. The zero-order valence-corrected chi connectivity index (χ0v) is 18.0. The maximum Gasteiger partial charge on any atom is 0.227 e. The van der Waals surface area contributed by atoms with Crippen LogP contribution in [0.25, 0.3) is 0 Å². The second kappa shape index (κ2) is 9.87. The topological polar surface area (TPSA) is 82.8 Å². The van der Waals surface area contributed by atoms with E-state index in [1.807, 2.05) is 48.5 Å². The Morgan fingerprint density at radius 3 is 2.53 bits per heavy atom. The smallest absolute Gasteiger partial charge is 0.227 e. The minimum atomic E-state index is -0.573.